The Labute approximate surface area is 120 Å². The Morgan fingerprint density at radius 3 is 2.52 bits per heavy atom. The van der Waals surface area contributed by atoms with Gasteiger partial charge in [-0.2, -0.15) is 0 Å². The summed E-state index contributed by atoms with van der Waals surface area (Å²) in [5, 5.41) is 6.14. The van der Waals surface area contributed by atoms with Gasteiger partial charge in [0.1, 0.15) is 12.5 Å². The van der Waals surface area contributed by atoms with Gasteiger partial charge in [0.2, 0.25) is 0 Å². The van der Waals surface area contributed by atoms with Crippen LogP contribution in [0.5, 0.6) is 0 Å². The normalized spacial score (nSPS) is 12.3. The zero-order valence-electron chi connectivity index (χ0n) is 11.6. The number of benzene rings is 1. The molecule has 0 fully saturated rings. The van der Waals surface area contributed by atoms with Crippen LogP contribution < -0.4 is 21.6 Å². The van der Waals surface area contributed by atoms with Crippen molar-refractivity contribution in [2.75, 3.05) is 23.8 Å². The van der Waals surface area contributed by atoms with Gasteiger partial charge in [0.15, 0.2) is 22.6 Å². The van der Waals surface area contributed by atoms with E-state index in [1.54, 1.807) is 18.2 Å². The van der Waals surface area contributed by atoms with Crippen molar-refractivity contribution in [3.63, 3.8) is 0 Å². The number of rotatable bonds is 5. The van der Waals surface area contributed by atoms with E-state index >= 15 is 0 Å². The molecule has 21 heavy (non-hydrogen) atoms. The molecule has 1 aliphatic rings. The summed E-state index contributed by atoms with van der Waals surface area (Å²) in [4.78, 5) is 17.1. The van der Waals surface area contributed by atoms with E-state index in [2.05, 4.69) is 37.5 Å². The molecule has 0 saturated heterocycles. The fraction of sp³-hybridized carbons (Fsp3) is 0.286. The average molecular weight is 286 g/mol. The van der Waals surface area contributed by atoms with Gasteiger partial charge in [0.05, 0.1) is 5.69 Å². The monoisotopic (exact) mass is 286 g/mol. The number of para-hydroxylation sites is 1. The van der Waals surface area contributed by atoms with Crippen molar-refractivity contribution in [2.45, 2.75) is 13.3 Å². The third-order valence-corrected chi connectivity index (χ3v) is 2.97. The van der Waals surface area contributed by atoms with Crippen LogP contribution in [0, 0.1) is 5.82 Å². The molecule has 2 heterocycles. The smallest absolute Gasteiger partial charge is 0.196 e. The Morgan fingerprint density at radius 2 is 1.81 bits per heavy atom. The zero-order valence-corrected chi connectivity index (χ0v) is 11.6. The summed E-state index contributed by atoms with van der Waals surface area (Å²) >= 11 is 0. The second-order valence-electron chi connectivity index (χ2n) is 4.56. The topological polar surface area (TPSA) is 74.6 Å². The first-order chi connectivity index (χ1) is 10.3. The van der Waals surface area contributed by atoms with Gasteiger partial charge < -0.3 is 10.6 Å². The summed E-state index contributed by atoms with van der Waals surface area (Å²) in [5.41, 5.74) is 1.35. The Bertz CT molecular complexity index is 774. The highest BCUT2D eigenvalue weighted by Crippen LogP contribution is 2.21. The van der Waals surface area contributed by atoms with Gasteiger partial charge in [-0.15, -0.1) is 0 Å². The fourth-order valence-corrected chi connectivity index (χ4v) is 1.94. The molecule has 0 amide bonds. The van der Waals surface area contributed by atoms with Crippen LogP contribution >= 0.6 is 0 Å². The summed E-state index contributed by atoms with van der Waals surface area (Å²) in [6.07, 6.45) is 0.944. The second-order valence-corrected chi connectivity index (χ2v) is 4.56. The predicted octanol–water partition coefficient (Wildman–Crippen LogP) is 1.39. The zero-order chi connectivity index (χ0) is 14.7. The fourth-order valence-electron chi connectivity index (χ4n) is 1.94. The molecule has 0 radical (unpaired) electrons. The third kappa shape index (κ3) is 2.81. The molecule has 0 atom stereocenters. The molecule has 0 aliphatic carbocycles. The summed E-state index contributed by atoms with van der Waals surface area (Å²) in [5.74, 6) is 0.663. The van der Waals surface area contributed by atoms with E-state index in [1.165, 1.54) is 6.07 Å². The quantitative estimate of drug-likeness (QED) is 0.871. The van der Waals surface area contributed by atoms with E-state index in [0.29, 0.717) is 35.0 Å². The summed E-state index contributed by atoms with van der Waals surface area (Å²) in [7, 11) is 0. The first-order valence-electron chi connectivity index (χ1n) is 6.80. The Morgan fingerprint density at radius 1 is 1.10 bits per heavy atom. The van der Waals surface area contributed by atoms with E-state index in [1.807, 2.05) is 0 Å². The molecular formula is C14H15FN6. The highest BCUT2D eigenvalue weighted by Gasteiger charge is 2.11. The minimum absolute atomic E-state index is 0.339. The van der Waals surface area contributed by atoms with E-state index in [0.717, 1.165) is 13.0 Å². The van der Waals surface area contributed by atoms with Crippen LogP contribution in [0.3, 0.4) is 0 Å². The number of halogens is 1. The van der Waals surface area contributed by atoms with Crippen molar-refractivity contribution >= 4 is 17.3 Å². The molecule has 1 aromatic heterocycles. The van der Waals surface area contributed by atoms with Gasteiger partial charge in [-0.1, -0.05) is 19.1 Å². The van der Waals surface area contributed by atoms with Crippen LogP contribution in [0.1, 0.15) is 13.3 Å². The summed E-state index contributed by atoms with van der Waals surface area (Å²) in [6, 6.07) is 6.43. The van der Waals surface area contributed by atoms with Crippen molar-refractivity contribution in [1.29, 1.82) is 0 Å². The van der Waals surface area contributed by atoms with Crippen LogP contribution in [0.4, 0.5) is 21.7 Å². The van der Waals surface area contributed by atoms with Gasteiger partial charge in [0.25, 0.3) is 0 Å². The van der Waals surface area contributed by atoms with Gasteiger partial charge >= 0.3 is 0 Å². The molecule has 2 N–H and O–H groups in total. The van der Waals surface area contributed by atoms with Crippen LogP contribution in [-0.4, -0.2) is 23.2 Å². The van der Waals surface area contributed by atoms with Gasteiger partial charge in [-0.3, -0.25) is 0 Å². The van der Waals surface area contributed by atoms with E-state index in [-0.39, 0.29) is 5.82 Å². The SMILES string of the molecule is CCCNc1nc2c(nc1Nc1ccccc1F)=NCN=2. The van der Waals surface area contributed by atoms with Gasteiger partial charge in [0, 0.05) is 6.54 Å². The second kappa shape index (κ2) is 5.82. The first-order valence-corrected chi connectivity index (χ1v) is 6.80. The van der Waals surface area contributed by atoms with Crippen LogP contribution in [0.25, 0.3) is 0 Å². The maximum atomic E-state index is 13.8. The lowest BCUT2D eigenvalue weighted by Gasteiger charge is -2.11. The molecular weight excluding hydrogens is 271 g/mol. The van der Waals surface area contributed by atoms with Gasteiger partial charge in [-0.05, 0) is 18.6 Å². The number of anilines is 3. The third-order valence-electron chi connectivity index (χ3n) is 2.97. The lowest BCUT2D eigenvalue weighted by atomic mass is 10.3. The minimum Gasteiger partial charge on any atom is -0.367 e. The van der Waals surface area contributed by atoms with E-state index in [9.17, 15) is 4.39 Å². The maximum Gasteiger partial charge on any atom is 0.196 e. The highest BCUT2D eigenvalue weighted by molar-refractivity contribution is 5.67. The molecule has 0 unspecified atom stereocenters. The molecule has 7 heteroatoms. The van der Waals surface area contributed by atoms with Crippen molar-refractivity contribution in [3.05, 3.63) is 41.1 Å². The molecule has 1 aliphatic heterocycles. The molecule has 3 rings (SSSR count). The number of hydrogen-bond donors (Lipinski definition) is 2. The van der Waals surface area contributed by atoms with Crippen molar-refractivity contribution < 1.29 is 4.39 Å². The van der Waals surface area contributed by atoms with Crippen LogP contribution in [0.2, 0.25) is 0 Å². The predicted molar refractivity (Wildman–Crippen MR) is 77.7 cm³/mol. The Kier molecular flexibility index (Phi) is 3.72. The number of nitrogens with one attached hydrogen (secondary N) is 2. The summed E-state index contributed by atoms with van der Waals surface area (Å²) in [6.45, 7) is 3.14. The first kappa shape index (κ1) is 13.4. The van der Waals surface area contributed by atoms with Crippen LogP contribution in [-0.2, 0) is 0 Å². The molecule has 2 aromatic rings. The van der Waals surface area contributed by atoms with Gasteiger partial charge in [-0.25, -0.2) is 24.3 Å². The Balaban J connectivity index is 2.01. The van der Waals surface area contributed by atoms with Crippen molar-refractivity contribution in [2.24, 2.45) is 9.98 Å². The van der Waals surface area contributed by atoms with Crippen molar-refractivity contribution in [3.8, 4) is 0 Å². The minimum atomic E-state index is -0.345. The Hall–Kier alpha value is -2.57. The number of nitrogens with zero attached hydrogens (tertiary/aromatic N) is 4. The number of fused-ring (bicyclic) bond motifs is 1. The van der Waals surface area contributed by atoms with E-state index < -0.39 is 0 Å². The number of hydrogen-bond acceptors (Lipinski definition) is 6. The average Bonchev–Trinajstić information content (AvgIpc) is 2.94. The standard InChI is InChI=1S/C14H15FN6/c1-2-7-16-13-14(19-10-6-4-3-5-9(10)15)21-12-11(20-13)17-8-18-12/h3-6H,2,7-8H2,1H3,(H,16,17,20)(H,18,19,21). The maximum absolute atomic E-state index is 13.8. The molecule has 1 aromatic carbocycles. The molecule has 108 valence electrons. The summed E-state index contributed by atoms with van der Waals surface area (Å²) < 4.78 is 13.8. The van der Waals surface area contributed by atoms with Crippen LogP contribution in [0.15, 0.2) is 34.3 Å². The van der Waals surface area contributed by atoms with E-state index in [4.69, 9.17) is 0 Å². The molecule has 0 spiro atoms. The molecule has 6 nitrogen and oxygen atoms in total. The van der Waals surface area contributed by atoms with Crippen molar-refractivity contribution in [1.82, 2.24) is 9.97 Å². The molecule has 0 bridgehead atoms. The molecule has 0 saturated carbocycles. The highest BCUT2D eigenvalue weighted by atomic mass is 19.1. The largest absolute Gasteiger partial charge is 0.367 e. The lowest BCUT2D eigenvalue weighted by Crippen LogP contribution is -2.31. The lowest BCUT2D eigenvalue weighted by molar-refractivity contribution is 0.632. The number of aromatic nitrogens is 2.